The van der Waals surface area contributed by atoms with Crippen molar-refractivity contribution in [2.75, 3.05) is 19.7 Å². The number of ether oxygens (including phenoxy) is 1. The van der Waals surface area contributed by atoms with E-state index in [4.69, 9.17) is 4.74 Å². The first-order valence-electron chi connectivity index (χ1n) is 9.73. The Kier molecular flexibility index (Phi) is 6.91. The average molecular weight is 360 g/mol. The molecule has 0 radical (unpaired) electrons. The molecule has 1 fully saturated rings. The molecule has 144 valence electrons. The van der Waals surface area contributed by atoms with Crippen molar-refractivity contribution in [3.63, 3.8) is 0 Å². The summed E-state index contributed by atoms with van der Waals surface area (Å²) in [6.07, 6.45) is 4.20. The molecule has 0 bridgehead atoms. The highest BCUT2D eigenvalue weighted by atomic mass is 19.1. The van der Waals surface area contributed by atoms with Crippen molar-refractivity contribution in [2.24, 2.45) is 5.92 Å². The summed E-state index contributed by atoms with van der Waals surface area (Å²) in [5.41, 5.74) is 3.21. The highest BCUT2D eigenvalue weighted by Gasteiger charge is 2.25. The normalized spacial score (nSPS) is 17.4. The first-order valence-corrected chi connectivity index (χ1v) is 9.73. The number of allylic oxidation sites excluding steroid dienone is 1. The minimum Gasteiger partial charge on any atom is -0.493 e. The third-order valence-electron chi connectivity index (χ3n) is 5.01. The molecule has 1 saturated heterocycles. The Morgan fingerprint density at radius 1 is 1.31 bits per heavy atom. The van der Waals surface area contributed by atoms with Crippen LogP contribution in [0.5, 0.6) is 5.75 Å². The molecule has 1 aliphatic rings. The summed E-state index contributed by atoms with van der Waals surface area (Å²) in [5.74, 6) is 1.06. The first-order chi connectivity index (χ1) is 12.2. The van der Waals surface area contributed by atoms with Gasteiger partial charge < -0.3 is 9.64 Å². The van der Waals surface area contributed by atoms with E-state index in [0.29, 0.717) is 12.5 Å². The topological polar surface area (TPSA) is 12.5 Å². The lowest BCUT2D eigenvalue weighted by molar-refractivity contribution is 0.244. The predicted octanol–water partition coefficient (Wildman–Crippen LogP) is 6.08. The third kappa shape index (κ3) is 5.62. The van der Waals surface area contributed by atoms with Crippen molar-refractivity contribution >= 4 is 0 Å². The van der Waals surface area contributed by atoms with E-state index in [1.54, 1.807) is 12.1 Å². The molecule has 2 nitrogen and oxygen atoms in total. The first kappa shape index (κ1) is 20.5. The van der Waals surface area contributed by atoms with Crippen LogP contribution in [0.4, 0.5) is 4.39 Å². The fourth-order valence-corrected chi connectivity index (χ4v) is 3.52. The van der Waals surface area contributed by atoms with Gasteiger partial charge in [0.25, 0.3) is 0 Å². The van der Waals surface area contributed by atoms with Crippen LogP contribution < -0.4 is 4.74 Å². The molecule has 0 aromatic heterocycles. The minimum atomic E-state index is -0.210. The van der Waals surface area contributed by atoms with Crippen LogP contribution in [0, 0.1) is 11.7 Å². The van der Waals surface area contributed by atoms with Crippen molar-refractivity contribution in [3.05, 3.63) is 54.0 Å². The van der Waals surface area contributed by atoms with Crippen LogP contribution in [0.25, 0.3) is 0 Å². The van der Waals surface area contributed by atoms with Crippen LogP contribution in [-0.4, -0.2) is 24.6 Å². The van der Waals surface area contributed by atoms with E-state index in [9.17, 15) is 4.39 Å². The molecule has 0 amide bonds. The van der Waals surface area contributed by atoms with Gasteiger partial charge in [-0.25, -0.2) is 4.39 Å². The molecule has 1 unspecified atom stereocenters. The van der Waals surface area contributed by atoms with Crippen molar-refractivity contribution < 1.29 is 9.13 Å². The maximum Gasteiger partial charge on any atom is 0.123 e. The molecule has 1 aromatic carbocycles. The molecule has 1 heterocycles. The van der Waals surface area contributed by atoms with Gasteiger partial charge in [-0.1, -0.05) is 52.8 Å². The van der Waals surface area contributed by atoms with E-state index >= 15 is 0 Å². The largest absolute Gasteiger partial charge is 0.493 e. The number of nitrogens with zero attached hydrogens (tertiary/aromatic N) is 1. The number of hydrogen-bond donors (Lipinski definition) is 0. The van der Waals surface area contributed by atoms with Gasteiger partial charge in [0.15, 0.2) is 0 Å². The van der Waals surface area contributed by atoms with Gasteiger partial charge in [0.1, 0.15) is 11.6 Å². The van der Waals surface area contributed by atoms with Gasteiger partial charge in [0.2, 0.25) is 0 Å². The average Bonchev–Trinajstić information content (AvgIpc) is 3.02. The van der Waals surface area contributed by atoms with Crippen molar-refractivity contribution in [3.8, 4) is 5.75 Å². The fourth-order valence-electron chi connectivity index (χ4n) is 3.52. The van der Waals surface area contributed by atoms with Gasteiger partial charge in [0.05, 0.1) is 6.61 Å². The number of benzene rings is 1. The van der Waals surface area contributed by atoms with E-state index in [2.05, 4.69) is 45.8 Å². The highest BCUT2D eigenvalue weighted by molar-refractivity contribution is 5.38. The zero-order valence-corrected chi connectivity index (χ0v) is 16.9. The maximum absolute atomic E-state index is 13.6. The molecule has 1 atom stereocenters. The van der Waals surface area contributed by atoms with E-state index in [0.717, 1.165) is 50.1 Å². The molecule has 2 rings (SSSR count). The van der Waals surface area contributed by atoms with Crippen molar-refractivity contribution in [2.45, 2.75) is 58.8 Å². The number of rotatable bonds is 8. The van der Waals surface area contributed by atoms with Gasteiger partial charge >= 0.3 is 0 Å². The van der Waals surface area contributed by atoms with Gasteiger partial charge in [0, 0.05) is 36.7 Å². The van der Waals surface area contributed by atoms with Crippen molar-refractivity contribution in [1.82, 2.24) is 4.90 Å². The second-order valence-corrected chi connectivity index (χ2v) is 8.55. The zero-order valence-electron chi connectivity index (χ0n) is 16.9. The lowest BCUT2D eigenvalue weighted by Gasteiger charge is -2.24. The summed E-state index contributed by atoms with van der Waals surface area (Å²) in [6, 6.07) is 4.83. The monoisotopic (exact) mass is 359 g/mol. The minimum absolute atomic E-state index is 0.146. The second-order valence-electron chi connectivity index (χ2n) is 8.55. The molecular weight excluding hydrogens is 325 g/mol. The van der Waals surface area contributed by atoms with Gasteiger partial charge in [-0.3, -0.25) is 0 Å². The number of hydrogen-bond acceptors (Lipinski definition) is 2. The van der Waals surface area contributed by atoms with E-state index in [1.165, 1.54) is 17.3 Å². The molecule has 26 heavy (non-hydrogen) atoms. The highest BCUT2D eigenvalue weighted by Crippen LogP contribution is 2.33. The Labute approximate surface area is 158 Å². The Morgan fingerprint density at radius 3 is 2.69 bits per heavy atom. The standard InChI is InChI=1S/C23H34FNO/c1-7-8-17(2)13-18(3)25-12-11-19(15-25)16-26-22-10-9-20(24)14-21(22)23(4,5)6/h9-10,14,19H,2-3,7-8,11-13,15-16H2,1,4-6H3. The van der Waals surface area contributed by atoms with Crippen LogP contribution in [0.15, 0.2) is 42.6 Å². The van der Waals surface area contributed by atoms with Crippen molar-refractivity contribution in [1.29, 1.82) is 0 Å². The van der Waals surface area contributed by atoms with Crippen LogP contribution in [0.2, 0.25) is 0 Å². The molecule has 3 heteroatoms. The molecule has 1 aliphatic heterocycles. The lowest BCUT2D eigenvalue weighted by atomic mass is 9.86. The summed E-state index contributed by atoms with van der Waals surface area (Å²) in [4.78, 5) is 2.37. The van der Waals surface area contributed by atoms with Crippen LogP contribution in [0.1, 0.15) is 58.9 Å². The Hall–Kier alpha value is -1.77. The molecule has 0 saturated carbocycles. The summed E-state index contributed by atoms with van der Waals surface area (Å²) < 4.78 is 19.7. The van der Waals surface area contributed by atoms with Crippen LogP contribution >= 0.6 is 0 Å². The molecule has 0 spiro atoms. The predicted molar refractivity (Wildman–Crippen MR) is 108 cm³/mol. The van der Waals surface area contributed by atoms with E-state index < -0.39 is 0 Å². The third-order valence-corrected chi connectivity index (χ3v) is 5.01. The summed E-state index contributed by atoms with van der Waals surface area (Å²) >= 11 is 0. The molecule has 0 aliphatic carbocycles. The summed E-state index contributed by atoms with van der Waals surface area (Å²) in [5, 5.41) is 0. The molecule has 1 aromatic rings. The number of likely N-dealkylation sites (tertiary alicyclic amines) is 1. The summed E-state index contributed by atoms with van der Waals surface area (Å²) in [6.45, 7) is 19.5. The van der Waals surface area contributed by atoms with E-state index in [-0.39, 0.29) is 11.2 Å². The van der Waals surface area contributed by atoms with Gasteiger partial charge in [-0.2, -0.15) is 0 Å². The smallest absolute Gasteiger partial charge is 0.123 e. The van der Waals surface area contributed by atoms with Gasteiger partial charge in [-0.15, -0.1) is 0 Å². The van der Waals surface area contributed by atoms with Gasteiger partial charge in [-0.05, 0) is 36.5 Å². The zero-order chi connectivity index (χ0) is 19.3. The quantitative estimate of drug-likeness (QED) is 0.521. The molecule has 0 N–H and O–H groups in total. The van der Waals surface area contributed by atoms with Crippen LogP contribution in [-0.2, 0) is 5.41 Å². The van der Waals surface area contributed by atoms with E-state index in [1.807, 2.05) is 0 Å². The maximum atomic E-state index is 13.6. The Bertz CT molecular complexity index is 644. The summed E-state index contributed by atoms with van der Waals surface area (Å²) in [7, 11) is 0. The second kappa shape index (κ2) is 8.75. The lowest BCUT2D eigenvalue weighted by Crippen LogP contribution is -2.22. The Balaban J connectivity index is 1.90. The Morgan fingerprint density at radius 2 is 2.04 bits per heavy atom. The number of halogens is 1. The fraction of sp³-hybridized carbons (Fsp3) is 0.565. The SMILES string of the molecule is C=C(CCC)CC(=C)N1CCC(COc2ccc(F)cc2C(C)(C)C)C1. The van der Waals surface area contributed by atoms with Crippen LogP contribution in [0.3, 0.4) is 0 Å². The molecular formula is C23H34FNO.